The zero-order valence-electron chi connectivity index (χ0n) is 7.50. The molecule has 0 saturated heterocycles. The number of aromatic hydroxyl groups is 3. The molecule has 2 rings (SSSR count). The van der Waals surface area contributed by atoms with Crippen molar-refractivity contribution in [2.45, 2.75) is 0 Å². The summed E-state index contributed by atoms with van der Waals surface area (Å²) in [7, 11) is 0. The quantitative estimate of drug-likeness (QED) is 0.284. The van der Waals surface area contributed by atoms with Crippen molar-refractivity contribution in [2.24, 2.45) is 0 Å². The van der Waals surface area contributed by atoms with E-state index in [9.17, 15) is 9.59 Å². The van der Waals surface area contributed by atoms with Crippen molar-refractivity contribution in [3.05, 3.63) is 21.0 Å². The Morgan fingerprint density at radius 3 is 1.25 bits per heavy atom. The summed E-state index contributed by atoms with van der Waals surface area (Å²) in [6.07, 6.45) is 0. The molecule has 0 atom stereocenters. The zero-order chi connectivity index (χ0) is 12.1. The lowest BCUT2D eigenvalue weighted by Crippen LogP contribution is -2.07. The van der Waals surface area contributed by atoms with Crippen molar-refractivity contribution >= 4 is 0 Å². The first-order valence-electron chi connectivity index (χ1n) is 3.67. The summed E-state index contributed by atoms with van der Waals surface area (Å²) in [5, 5.41) is 29.3. The molecule has 0 aliphatic carbocycles. The Morgan fingerprint density at radius 1 is 0.750 bits per heavy atom. The van der Waals surface area contributed by atoms with E-state index in [4.69, 9.17) is 15.3 Å². The molecule has 0 amide bonds. The van der Waals surface area contributed by atoms with Gasteiger partial charge in [-0.15, -0.1) is 15.0 Å². The fraction of sp³-hybridized carbons (Fsp3) is 0. The fourth-order valence-electron chi connectivity index (χ4n) is 0.622. The van der Waals surface area contributed by atoms with Crippen LogP contribution >= 0.6 is 0 Å². The van der Waals surface area contributed by atoms with E-state index in [0.29, 0.717) is 0 Å². The molecule has 0 aliphatic heterocycles. The lowest BCUT2D eigenvalue weighted by atomic mass is 10.9. The zero-order valence-corrected chi connectivity index (χ0v) is 7.50. The van der Waals surface area contributed by atoms with Gasteiger partial charge in [0.15, 0.2) is 0 Å². The number of rotatable bonds is 0. The van der Waals surface area contributed by atoms with Gasteiger partial charge in [-0.3, -0.25) is 4.98 Å². The van der Waals surface area contributed by atoms with Crippen LogP contribution in [0.15, 0.2) is 9.59 Å². The molecule has 0 saturated carbocycles. The van der Waals surface area contributed by atoms with E-state index in [1.165, 1.54) is 0 Å². The predicted octanol–water partition coefficient (Wildman–Crippen LogP) is -2.62. The van der Waals surface area contributed by atoms with Crippen LogP contribution in [0.25, 0.3) is 0 Å². The second kappa shape index (κ2) is 4.59. The number of aromatic amines is 3. The Labute approximate surface area is 85.5 Å². The topological polar surface area (TPSA) is 181 Å². The molecule has 2 heterocycles. The Morgan fingerprint density at radius 2 is 1.06 bits per heavy atom. The first-order valence-corrected chi connectivity index (χ1v) is 3.67. The molecular weight excluding hydrogens is 224 g/mol. The maximum Gasteiger partial charge on any atom is 0.341 e. The van der Waals surface area contributed by atoms with E-state index >= 15 is 0 Å². The number of hydrogen-bond donors (Lipinski definition) is 6. The molecule has 0 unspecified atom stereocenters. The van der Waals surface area contributed by atoms with Gasteiger partial charge in [0.1, 0.15) is 0 Å². The maximum absolute atomic E-state index is 9.95. The molecule has 0 fully saturated rings. The molecule has 86 valence electrons. The molecular formula is C5H6N6O5. The van der Waals surface area contributed by atoms with E-state index in [1.54, 1.807) is 0 Å². The summed E-state index contributed by atoms with van der Waals surface area (Å²) in [5.74, 6) is 0. The van der Waals surface area contributed by atoms with Gasteiger partial charge in [0.05, 0.1) is 0 Å². The van der Waals surface area contributed by atoms with Crippen LogP contribution in [0.5, 0.6) is 18.0 Å². The molecule has 16 heavy (non-hydrogen) atoms. The molecule has 0 bridgehead atoms. The smallest absolute Gasteiger partial charge is 0.341 e. The van der Waals surface area contributed by atoms with Crippen molar-refractivity contribution in [3.8, 4) is 18.0 Å². The van der Waals surface area contributed by atoms with Crippen LogP contribution in [-0.2, 0) is 0 Å². The number of hydrogen-bond acceptors (Lipinski definition) is 8. The molecule has 2 aromatic heterocycles. The third kappa shape index (κ3) is 3.49. The highest BCUT2D eigenvalue weighted by atomic mass is 16.3. The molecule has 2 aromatic rings. The highest BCUT2D eigenvalue weighted by Crippen LogP contribution is 2.08. The average molecular weight is 230 g/mol. The van der Waals surface area contributed by atoms with E-state index in [2.05, 4.69) is 15.0 Å². The van der Waals surface area contributed by atoms with E-state index < -0.39 is 29.4 Å². The molecule has 6 N–H and O–H groups in total. The summed E-state index contributed by atoms with van der Waals surface area (Å²) < 4.78 is 0. The summed E-state index contributed by atoms with van der Waals surface area (Å²) in [5.41, 5.74) is -1.02. The highest BCUT2D eigenvalue weighted by molar-refractivity contribution is 5.04. The normalized spacial score (nSPS) is 9.25. The SMILES string of the molecule is O=c1[nH][nH]c(=O)[nH]1.Oc1nc(O)nc(O)n1. The summed E-state index contributed by atoms with van der Waals surface area (Å²) in [6, 6.07) is -2.12. The van der Waals surface area contributed by atoms with Crippen LogP contribution in [0.3, 0.4) is 0 Å². The average Bonchev–Trinajstić information content (AvgIpc) is 2.48. The van der Waals surface area contributed by atoms with Crippen molar-refractivity contribution in [1.82, 2.24) is 30.1 Å². The van der Waals surface area contributed by atoms with Crippen LogP contribution in [0, 0.1) is 0 Å². The second-order valence-electron chi connectivity index (χ2n) is 2.27. The van der Waals surface area contributed by atoms with Gasteiger partial charge in [-0.05, 0) is 0 Å². The van der Waals surface area contributed by atoms with Gasteiger partial charge in [-0.25, -0.2) is 19.8 Å². The minimum absolute atomic E-state index is 0.509. The molecule has 0 radical (unpaired) electrons. The van der Waals surface area contributed by atoms with Gasteiger partial charge in [0.2, 0.25) is 0 Å². The number of aromatic nitrogens is 6. The van der Waals surface area contributed by atoms with Gasteiger partial charge < -0.3 is 15.3 Å². The lowest BCUT2D eigenvalue weighted by molar-refractivity contribution is 0.344. The number of H-pyrrole nitrogens is 3. The molecule has 11 heteroatoms. The van der Waals surface area contributed by atoms with Gasteiger partial charge >= 0.3 is 29.4 Å². The van der Waals surface area contributed by atoms with E-state index in [-0.39, 0.29) is 0 Å². The minimum Gasteiger partial charge on any atom is -0.479 e. The Hall–Kier alpha value is -2.85. The van der Waals surface area contributed by atoms with Gasteiger partial charge in [-0.1, -0.05) is 0 Å². The minimum atomic E-state index is -0.708. The Balaban J connectivity index is 0.000000165. The number of nitrogens with zero attached hydrogens (tertiary/aromatic N) is 3. The predicted molar refractivity (Wildman–Crippen MR) is 46.9 cm³/mol. The molecule has 11 nitrogen and oxygen atoms in total. The lowest BCUT2D eigenvalue weighted by Gasteiger charge is -1.90. The largest absolute Gasteiger partial charge is 0.479 e. The van der Waals surface area contributed by atoms with Crippen LogP contribution in [0.2, 0.25) is 0 Å². The highest BCUT2D eigenvalue weighted by Gasteiger charge is 1.99. The fourth-order valence-corrected chi connectivity index (χ4v) is 0.622. The standard InChI is InChI=1S/C3H3N3O3.C2H3N3O2/c7-1-4-2(8)6-3(9)5-1;6-1-3-2(7)5-4-1/h(H3,4,5,6,7,8,9);(H3,3,4,5,6,7). The molecule has 0 aromatic carbocycles. The monoisotopic (exact) mass is 230 g/mol. The van der Waals surface area contributed by atoms with Gasteiger partial charge in [0.25, 0.3) is 0 Å². The summed E-state index contributed by atoms with van der Waals surface area (Å²) in [4.78, 5) is 30.7. The van der Waals surface area contributed by atoms with E-state index in [0.717, 1.165) is 0 Å². The third-order valence-electron chi connectivity index (χ3n) is 1.12. The van der Waals surface area contributed by atoms with Crippen molar-refractivity contribution in [3.63, 3.8) is 0 Å². The van der Waals surface area contributed by atoms with Gasteiger partial charge in [-0.2, -0.15) is 0 Å². The summed E-state index contributed by atoms with van der Waals surface area (Å²) >= 11 is 0. The van der Waals surface area contributed by atoms with Crippen LogP contribution < -0.4 is 11.4 Å². The maximum atomic E-state index is 9.95. The van der Waals surface area contributed by atoms with Gasteiger partial charge in [0, 0.05) is 0 Å². The first-order chi connectivity index (χ1) is 7.47. The van der Waals surface area contributed by atoms with Crippen molar-refractivity contribution in [2.75, 3.05) is 0 Å². The van der Waals surface area contributed by atoms with Crippen LogP contribution in [0.4, 0.5) is 0 Å². The van der Waals surface area contributed by atoms with Crippen molar-refractivity contribution in [1.29, 1.82) is 0 Å². The Kier molecular flexibility index (Phi) is 3.22. The van der Waals surface area contributed by atoms with Crippen molar-refractivity contribution < 1.29 is 15.3 Å². The van der Waals surface area contributed by atoms with Crippen LogP contribution in [0.1, 0.15) is 0 Å². The van der Waals surface area contributed by atoms with Crippen LogP contribution in [-0.4, -0.2) is 45.5 Å². The third-order valence-corrected chi connectivity index (χ3v) is 1.12. The van der Waals surface area contributed by atoms with E-state index in [1.807, 2.05) is 15.2 Å². The molecule has 0 aliphatic rings. The summed E-state index contributed by atoms with van der Waals surface area (Å²) in [6.45, 7) is 0. The first kappa shape index (κ1) is 11.2. The second-order valence-corrected chi connectivity index (χ2v) is 2.27. The molecule has 0 spiro atoms. The number of nitrogens with one attached hydrogen (secondary N) is 3. The Bertz CT molecular complexity index is 494.